The zero-order valence-electron chi connectivity index (χ0n) is 15.8. The fraction of sp³-hybridized carbons (Fsp3) is 0.217. The summed E-state index contributed by atoms with van der Waals surface area (Å²) in [5, 5.41) is 3.92. The van der Waals surface area contributed by atoms with Crippen molar-refractivity contribution in [1.82, 2.24) is 4.98 Å². The van der Waals surface area contributed by atoms with Crippen LogP contribution in [0.1, 0.15) is 29.5 Å². The van der Waals surface area contributed by atoms with E-state index in [9.17, 15) is 9.59 Å². The largest absolute Gasteiger partial charge is 0.454 e. The maximum Gasteiger partial charge on any atom is 0.251 e. The number of aromatic nitrogens is 1. The average molecular weight is 388 g/mol. The molecule has 0 radical (unpaired) electrons. The molecule has 5 rings (SSSR count). The quantitative estimate of drug-likeness (QED) is 0.669. The second-order valence-corrected chi connectivity index (χ2v) is 7.31. The molecule has 1 aliphatic heterocycles. The standard InChI is InChI=1S/C23H20N2O4/c26-22(10-6-14-5-9-20-21(11-14)29-13-28-20)24-15-7-8-17-16-3-1-2-4-18(16)23(27)25-19(17)12-15/h5-12H,1-4,13H2,(H,24,26)(H,25,27)/b10-6-. The highest BCUT2D eigenvalue weighted by Gasteiger charge is 2.16. The Balaban J connectivity index is 1.36. The molecule has 0 saturated carbocycles. The summed E-state index contributed by atoms with van der Waals surface area (Å²) < 4.78 is 10.6. The van der Waals surface area contributed by atoms with Crippen LogP contribution in [0.3, 0.4) is 0 Å². The number of hydrogen-bond donors (Lipinski definition) is 2. The minimum absolute atomic E-state index is 0.0154. The highest BCUT2D eigenvalue weighted by atomic mass is 16.7. The van der Waals surface area contributed by atoms with Crippen molar-refractivity contribution in [2.75, 3.05) is 12.1 Å². The van der Waals surface area contributed by atoms with E-state index in [1.807, 2.05) is 36.4 Å². The number of hydrogen-bond acceptors (Lipinski definition) is 4. The van der Waals surface area contributed by atoms with Gasteiger partial charge < -0.3 is 19.8 Å². The lowest BCUT2D eigenvalue weighted by atomic mass is 9.90. The molecule has 2 N–H and O–H groups in total. The van der Waals surface area contributed by atoms with E-state index < -0.39 is 0 Å². The number of ether oxygens (including phenoxy) is 2. The van der Waals surface area contributed by atoms with Crippen LogP contribution in [0.5, 0.6) is 11.5 Å². The van der Waals surface area contributed by atoms with Crippen LogP contribution in [0.4, 0.5) is 5.69 Å². The van der Waals surface area contributed by atoms with Gasteiger partial charge in [0.2, 0.25) is 12.7 Å². The highest BCUT2D eigenvalue weighted by molar-refractivity contribution is 6.03. The minimum atomic E-state index is -0.248. The molecule has 0 atom stereocenters. The van der Waals surface area contributed by atoms with Gasteiger partial charge in [0.05, 0.1) is 5.52 Å². The van der Waals surface area contributed by atoms with E-state index in [2.05, 4.69) is 10.3 Å². The molecule has 29 heavy (non-hydrogen) atoms. The third-order valence-electron chi connectivity index (χ3n) is 5.43. The van der Waals surface area contributed by atoms with Crippen molar-refractivity contribution >= 4 is 28.6 Å². The topological polar surface area (TPSA) is 80.4 Å². The molecule has 2 aromatic carbocycles. The van der Waals surface area contributed by atoms with Crippen LogP contribution in [0.25, 0.3) is 17.0 Å². The Morgan fingerprint density at radius 3 is 2.72 bits per heavy atom. The number of fused-ring (bicyclic) bond motifs is 4. The summed E-state index contributed by atoms with van der Waals surface area (Å²) in [4.78, 5) is 27.7. The number of amides is 1. The molecule has 1 aromatic heterocycles. The van der Waals surface area contributed by atoms with Crippen LogP contribution < -0.4 is 20.3 Å². The fourth-order valence-corrected chi connectivity index (χ4v) is 4.01. The number of aryl methyl sites for hydroxylation is 1. The summed E-state index contributed by atoms with van der Waals surface area (Å²) in [5.41, 5.74) is 4.29. The molecular weight excluding hydrogens is 368 g/mol. The van der Waals surface area contributed by atoms with Crippen LogP contribution in [-0.4, -0.2) is 17.7 Å². The Morgan fingerprint density at radius 2 is 1.83 bits per heavy atom. The number of carbonyl (C=O) groups excluding carboxylic acids is 1. The average Bonchev–Trinajstić information content (AvgIpc) is 3.20. The zero-order valence-corrected chi connectivity index (χ0v) is 15.8. The molecule has 2 heterocycles. The predicted octanol–water partition coefficient (Wildman–Crippen LogP) is 3.79. The third-order valence-corrected chi connectivity index (χ3v) is 5.43. The summed E-state index contributed by atoms with van der Waals surface area (Å²) in [5.74, 6) is 1.13. The van der Waals surface area contributed by atoms with Crippen molar-refractivity contribution in [1.29, 1.82) is 0 Å². The molecule has 146 valence electrons. The summed E-state index contributed by atoms with van der Waals surface area (Å²) >= 11 is 0. The van der Waals surface area contributed by atoms with Gasteiger partial charge in [0.25, 0.3) is 5.56 Å². The van der Waals surface area contributed by atoms with Crippen LogP contribution in [-0.2, 0) is 17.6 Å². The normalized spacial score (nSPS) is 14.9. The minimum Gasteiger partial charge on any atom is -0.454 e. The number of benzene rings is 2. The van der Waals surface area contributed by atoms with E-state index >= 15 is 0 Å². The molecule has 0 saturated heterocycles. The van der Waals surface area contributed by atoms with Crippen LogP contribution in [0.2, 0.25) is 0 Å². The van der Waals surface area contributed by atoms with Crippen LogP contribution in [0, 0.1) is 0 Å². The second-order valence-electron chi connectivity index (χ2n) is 7.31. The van der Waals surface area contributed by atoms with Gasteiger partial charge in [0.1, 0.15) is 0 Å². The Morgan fingerprint density at radius 1 is 1.00 bits per heavy atom. The number of H-pyrrole nitrogens is 1. The first-order chi connectivity index (χ1) is 14.2. The van der Waals surface area contributed by atoms with Crippen molar-refractivity contribution in [2.24, 2.45) is 0 Å². The molecule has 1 aliphatic carbocycles. The number of anilines is 1. The number of aromatic amines is 1. The monoisotopic (exact) mass is 388 g/mol. The molecule has 6 nitrogen and oxygen atoms in total. The van der Waals surface area contributed by atoms with Crippen LogP contribution in [0.15, 0.2) is 47.3 Å². The third kappa shape index (κ3) is 3.38. The molecular formula is C23H20N2O4. The number of rotatable bonds is 3. The van der Waals surface area contributed by atoms with Gasteiger partial charge in [-0.3, -0.25) is 9.59 Å². The number of carbonyl (C=O) groups is 1. The lowest BCUT2D eigenvalue weighted by Gasteiger charge is -2.17. The zero-order chi connectivity index (χ0) is 19.8. The van der Waals surface area contributed by atoms with Crippen molar-refractivity contribution < 1.29 is 14.3 Å². The Labute approximate surface area is 167 Å². The summed E-state index contributed by atoms with van der Waals surface area (Å²) in [6.07, 6.45) is 7.12. The molecule has 0 bridgehead atoms. The molecule has 2 aliphatic rings. The summed E-state index contributed by atoms with van der Waals surface area (Å²) in [6.45, 7) is 0.219. The SMILES string of the molecule is O=C(/C=C\c1ccc2c(c1)OCO2)Nc1ccc2c3c(c(=O)[nH]c2c1)CCCC3. The van der Waals surface area contributed by atoms with Gasteiger partial charge in [-0.2, -0.15) is 0 Å². The van der Waals surface area contributed by atoms with Gasteiger partial charge in [-0.05, 0) is 67.2 Å². The number of nitrogens with one attached hydrogen (secondary N) is 2. The molecule has 0 unspecified atom stereocenters. The van der Waals surface area contributed by atoms with Crippen molar-refractivity contribution in [3.05, 3.63) is 69.5 Å². The first-order valence-electron chi connectivity index (χ1n) is 9.74. The predicted molar refractivity (Wildman–Crippen MR) is 111 cm³/mol. The van der Waals surface area contributed by atoms with Crippen molar-refractivity contribution in [3.63, 3.8) is 0 Å². The van der Waals surface area contributed by atoms with E-state index in [1.54, 1.807) is 6.08 Å². The van der Waals surface area contributed by atoms with E-state index in [0.717, 1.165) is 53.3 Å². The van der Waals surface area contributed by atoms with E-state index in [-0.39, 0.29) is 18.3 Å². The molecule has 6 heteroatoms. The van der Waals surface area contributed by atoms with Gasteiger partial charge in [0.15, 0.2) is 11.5 Å². The molecule has 0 spiro atoms. The van der Waals surface area contributed by atoms with Crippen molar-refractivity contribution in [3.8, 4) is 11.5 Å². The van der Waals surface area contributed by atoms with Gasteiger partial charge in [-0.1, -0.05) is 12.1 Å². The smallest absolute Gasteiger partial charge is 0.251 e. The van der Waals surface area contributed by atoms with E-state index in [0.29, 0.717) is 17.2 Å². The van der Waals surface area contributed by atoms with Crippen LogP contribution >= 0.6 is 0 Å². The van der Waals surface area contributed by atoms with Crippen molar-refractivity contribution in [2.45, 2.75) is 25.7 Å². The maximum absolute atomic E-state index is 12.4. The summed E-state index contributed by atoms with van der Waals surface area (Å²) in [6, 6.07) is 11.2. The maximum atomic E-state index is 12.4. The molecule has 0 fully saturated rings. The van der Waals surface area contributed by atoms with E-state index in [4.69, 9.17) is 9.47 Å². The van der Waals surface area contributed by atoms with Gasteiger partial charge in [0, 0.05) is 22.7 Å². The first-order valence-corrected chi connectivity index (χ1v) is 9.74. The van der Waals surface area contributed by atoms with Gasteiger partial charge >= 0.3 is 0 Å². The Hall–Kier alpha value is -3.54. The van der Waals surface area contributed by atoms with Gasteiger partial charge in [-0.25, -0.2) is 0 Å². The number of pyridine rings is 1. The highest BCUT2D eigenvalue weighted by Crippen LogP contribution is 2.33. The summed E-state index contributed by atoms with van der Waals surface area (Å²) in [7, 11) is 0. The molecule has 1 amide bonds. The second kappa shape index (κ2) is 7.13. The lowest BCUT2D eigenvalue weighted by molar-refractivity contribution is -0.111. The molecule has 3 aromatic rings. The Bertz CT molecular complexity index is 1210. The Kier molecular flexibility index (Phi) is 4.31. The van der Waals surface area contributed by atoms with Gasteiger partial charge in [-0.15, -0.1) is 0 Å². The lowest BCUT2D eigenvalue weighted by Crippen LogP contribution is -2.19. The first kappa shape index (κ1) is 17.6. The fourth-order valence-electron chi connectivity index (χ4n) is 4.01. The van der Waals surface area contributed by atoms with E-state index in [1.165, 1.54) is 6.08 Å².